The van der Waals surface area contributed by atoms with Gasteiger partial charge in [-0.1, -0.05) is 15.9 Å². The summed E-state index contributed by atoms with van der Waals surface area (Å²) >= 11 is 3.38. The Bertz CT molecular complexity index is 571. The number of benzene rings is 1. The van der Waals surface area contributed by atoms with Crippen LogP contribution in [0.25, 0.3) is 0 Å². The van der Waals surface area contributed by atoms with Crippen molar-refractivity contribution in [3.8, 4) is 0 Å². The molecular weight excluding hydrogens is 389 g/mol. The van der Waals surface area contributed by atoms with Gasteiger partial charge in [0.1, 0.15) is 5.82 Å². The molecule has 0 bridgehead atoms. The topological polar surface area (TPSA) is 46.1 Å². The van der Waals surface area contributed by atoms with E-state index in [2.05, 4.69) is 31.1 Å². The molecule has 25 heavy (non-hydrogen) atoms. The largest absolute Gasteiger partial charge is 0.382 e. The van der Waals surface area contributed by atoms with E-state index in [9.17, 15) is 4.39 Å². The van der Waals surface area contributed by atoms with Crippen molar-refractivity contribution < 1.29 is 13.9 Å². The molecule has 0 spiro atoms. The molecule has 1 aromatic rings. The van der Waals surface area contributed by atoms with E-state index in [1.165, 1.54) is 6.07 Å². The highest BCUT2D eigenvalue weighted by atomic mass is 79.9. The summed E-state index contributed by atoms with van der Waals surface area (Å²) in [5, 5.41) is 3.31. The van der Waals surface area contributed by atoms with Gasteiger partial charge in [0.05, 0.1) is 26.4 Å². The van der Waals surface area contributed by atoms with Gasteiger partial charge in [-0.3, -0.25) is 0 Å². The zero-order valence-corrected chi connectivity index (χ0v) is 16.5. The van der Waals surface area contributed by atoms with Crippen molar-refractivity contribution >= 4 is 21.9 Å². The van der Waals surface area contributed by atoms with Crippen molar-refractivity contribution in [3.05, 3.63) is 34.1 Å². The number of ether oxygens (including phenoxy) is 2. The van der Waals surface area contributed by atoms with Gasteiger partial charge < -0.3 is 19.7 Å². The van der Waals surface area contributed by atoms with Crippen LogP contribution in [0.2, 0.25) is 0 Å². The Kier molecular flexibility index (Phi) is 8.64. The van der Waals surface area contributed by atoms with E-state index in [0.717, 1.165) is 43.1 Å². The van der Waals surface area contributed by atoms with Gasteiger partial charge >= 0.3 is 0 Å². The fourth-order valence-electron chi connectivity index (χ4n) is 2.80. The van der Waals surface area contributed by atoms with E-state index in [1.807, 2.05) is 6.92 Å². The molecule has 1 fully saturated rings. The number of guanidine groups is 1. The summed E-state index contributed by atoms with van der Waals surface area (Å²) in [6, 6.07) is 4.94. The molecule has 140 valence electrons. The number of rotatable bonds is 8. The first-order valence-corrected chi connectivity index (χ1v) is 9.47. The molecule has 0 radical (unpaired) electrons. The van der Waals surface area contributed by atoms with Gasteiger partial charge in [0, 0.05) is 42.7 Å². The lowest BCUT2D eigenvalue weighted by Crippen LogP contribution is -2.40. The van der Waals surface area contributed by atoms with Gasteiger partial charge in [0.25, 0.3) is 0 Å². The molecule has 0 amide bonds. The highest BCUT2D eigenvalue weighted by Crippen LogP contribution is 2.19. The lowest BCUT2D eigenvalue weighted by molar-refractivity contribution is 0.0536. The summed E-state index contributed by atoms with van der Waals surface area (Å²) < 4.78 is 25.4. The van der Waals surface area contributed by atoms with Crippen LogP contribution in [-0.4, -0.2) is 57.4 Å². The fourth-order valence-corrected chi connectivity index (χ4v) is 3.21. The van der Waals surface area contributed by atoms with E-state index >= 15 is 0 Å². The summed E-state index contributed by atoms with van der Waals surface area (Å²) in [5.41, 5.74) is 0.587. The Labute approximate surface area is 157 Å². The molecule has 0 aromatic heterocycles. The smallest absolute Gasteiger partial charge is 0.194 e. The second-order valence-electron chi connectivity index (χ2n) is 6.07. The second kappa shape index (κ2) is 10.7. The summed E-state index contributed by atoms with van der Waals surface area (Å²) in [5.74, 6) is 1.10. The van der Waals surface area contributed by atoms with Gasteiger partial charge in [0.15, 0.2) is 5.96 Å². The van der Waals surface area contributed by atoms with Crippen LogP contribution in [0.5, 0.6) is 0 Å². The van der Waals surface area contributed by atoms with Crippen molar-refractivity contribution in [1.82, 2.24) is 10.2 Å². The van der Waals surface area contributed by atoms with Gasteiger partial charge in [-0.05, 0) is 31.5 Å². The Morgan fingerprint density at radius 2 is 2.28 bits per heavy atom. The predicted molar refractivity (Wildman–Crippen MR) is 101 cm³/mol. The van der Waals surface area contributed by atoms with Gasteiger partial charge in [-0.25, -0.2) is 9.38 Å². The fraction of sp³-hybridized carbons (Fsp3) is 0.611. The molecule has 1 unspecified atom stereocenters. The van der Waals surface area contributed by atoms with Crippen LogP contribution >= 0.6 is 15.9 Å². The standard InChI is InChI=1S/C18H27BrFN3O2/c1-3-21-18(22-11-15-10-16(19)4-5-17(15)20)23-7-6-14(12-23)13-25-9-8-24-2/h4-5,10,14H,3,6-9,11-13H2,1-2H3,(H,21,22). The molecule has 0 aliphatic carbocycles. The van der Waals surface area contributed by atoms with Gasteiger partial charge in [-0.2, -0.15) is 0 Å². The maximum Gasteiger partial charge on any atom is 0.194 e. The first kappa shape index (κ1) is 20.1. The van der Waals surface area contributed by atoms with Crippen molar-refractivity contribution in [3.63, 3.8) is 0 Å². The Morgan fingerprint density at radius 3 is 3.04 bits per heavy atom. The third-order valence-corrected chi connectivity index (χ3v) is 4.61. The first-order chi connectivity index (χ1) is 12.1. The predicted octanol–water partition coefficient (Wildman–Crippen LogP) is 3.04. The van der Waals surface area contributed by atoms with Crippen LogP contribution in [-0.2, 0) is 16.0 Å². The third-order valence-electron chi connectivity index (χ3n) is 4.11. The summed E-state index contributed by atoms with van der Waals surface area (Å²) in [7, 11) is 1.67. The van der Waals surface area contributed by atoms with E-state index in [0.29, 0.717) is 31.2 Å². The average molecular weight is 416 g/mol. The SMILES string of the molecule is CCNC(=NCc1cc(Br)ccc1F)N1CCC(COCCOC)C1. The van der Waals surface area contributed by atoms with Crippen molar-refractivity contribution in [1.29, 1.82) is 0 Å². The third kappa shape index (κ3) is 6.56. The summed E-state index contributed by atoms with van der Waals surface area (Å²) in [6.45, 7) is 6.97. The Morgan fingerprint density at radius 1 is 1.44 bits per heavy atom. The molecule has 1 aliphatic rings. The number of nitrogens with zero attached hydrogens (tertiary/aromatic N) is 2. The Balaban J connectivity index is 1.92. The minimum atomic E-state index is -0.228. The maximum absolute atomic E-state index is 13.9. The number of aliphatic imine (C=N–C) groups is 1. The molecule has 0 saturated carbocycles. The van der Waals surface area contributed by atoms with Crippen LogP contribution < -0.4 is 5.32 Å². The quantitative estimate of drug-likeness (QED) is 0.402. The van der Waals surface area contributed by atoms with Crippen molar-refractivity contribution in [2.45, 2.75) is 19.9 Å². The molecule has 1 N–H and O–H groups in total. The molecule has 1 aromatic carbocycles. The molecule has 1 atom stereocenters. The van der Waals surface area contributed by atoms with Crippen LogP contribution in [0.3, 0.4) is 0 Å². The lowest BCUT2D eigenvalue weighted by Gasteiger charge is -2.21. The maximum atomic E-state index is 13.9. The van der Waals surface area contributed by atoms with E-state index in [4.69, 9.17) is 9.47 Å². The molecule has 7 heteroatoms. The number of hydrogen-bond acceptors (Lipinski definition) is 3. The van der Waals surface area contributed by atoms with Crippen LogP contribution in [0.15, 0.2) is 27.7 Å². The zero-order valence-electron chi connectivity index (χ0n) is 14.9. The van der Waals surface area contributed by atoms with E-state index < -0.39 is 0 Å². The summed E-state index contributed by atoms with van der Waals surface area (Å²) in [4.78, 5) is 6.85. The molecule has 2 rings (SSSR count). The monoisotopic (exact) mass is 415 g/mol. The number of hydrogen-bond donors (Lipinski definition) is 1. The molecule has 1 saturated heterocycles. The zero-order chi connectivity index (χ0) is 18.1. The first-order valence-electron chi connectivity index (χ1n) is 8.68. The minimum absolute atomic E-state index is 0.228. The number of nitrogens with one attached hydrogen (secondary N) is 1. The normalized spacial score (nSPS) is 18.0. The van der Waals surface area contributed by atoms with Crippen molar-refractivity contribution in [2.75, 3.05) is 46.6 Å². The Hall–Kier alpha value is -1.18. The molecule has 1 heterocycles. The van der Waals surface area contributed by atoms with Crippen LogP contribution in [0.1, 0.15) is 18.9 Å². The molecular formula is C18H27BrFN3O2. The van der Waals surface area contributed by atoms with Crippen LogP contribution in [0, 0.1) is 11.7 Å². The lowest BCUT2D eigenvalue weighted by atomic mass is 10.1. The highest BCUT2D eigenvalue weighted by Gasteiger charge is 2.25. The molecule has 5 nitrogen and oxygen atoms in total. The molecule has 1 aliphatic heterocycles. The van der Waals surface area contributed by atoms with Crippen molar-refractivity contribution in [2.24, 2.45) is 10.9 Å². The highest BCUT2D eigenvalue weighted by molar-refractivity contribution is 9.10. The summed E-state index contributed by atoms with van der Waals surface area (Å²) in [6.07, 6.45) is 1.07. The van der Waals surface area contributed by atoms with Crippen LogP contribution in [0.4, 0.5) is 4.39 Å². The second-order valence-corrected chi connectivity index (χ2v) is 6.99. The average Bonchev–Trinajstić information content (AvgIpc) is 3.07. The number of likely N-dealkylation sites (tertiary alicyclic amines) is 1. The van der Waals surface area contributed by atoms with Gasteiger partial charge in [0.2, 0.25) is 0 Å². The van der Waals surface area contributed by atoms with E-state index in [-0.39, 0.29) is 5.82 Å². The number of halogens is 2. The van der Waals surface area contributed by atoms with Gasteiger partial charge in [-0.15, -0.1) is 0 Å². The minimum Gasteiger partial charge on any atom is -0.382 e. The number of methoxy groups -OCH3 is 1. The van der Waals surface area contributed by atoms with E-state index in [1.54, 1.807) is 19.2 Å².